The van der Waals surface area contributed by atoms with E-state index in [0.717, 1.165) is 11.3 Å². The lowest BCUT2D eigenvalue weighted by Gasteiger charge is -2.30. The molecule has 0 aromatic heterocycles. The van der Waals surface area contributed by atoms with Gasteiger partial charge in [-0.25, -0.2) is 0 Å². The van der Waals surface area contributed by atoms with Gasteiger partial charge in [0.25, 0.3) is 0 Å². The third kappa shape index (κ3) is 3.82. The summed E-state index contributed by atoms with van der Waals surface area (Å²) in [6.45, 7) is 4.98. The smallest absolute Gasteiger partial charge is 0.231 e. The van der Waals surface area contributed by atoms with Gasteiger partial charge in [0.1, 0.15) is 18.1 Å². The average molecular weight is 339 g/mol. The molecule has 0 spiro atoms. The standard InChI is InChI=1S/C20H21NO4/c1-3-24-17-7-4-15(5-8-17)12-20(23)21-10-11-25-19-9-6-16(14(2)22)13-18(19)21/h4-9,13H,3,10-12H2,1-2H3. The second-order valence-corrected chi connectivity index (χ2v) is 5.89. The van der Waals surface area contributed by atoms with Crippen LogP contribution in [0.2, 0.25) is 0 Å². The van der Waals surface area contributed by atoms with Crippen LogP contribution in [0.1, 0.15) is 29.8 Å². The Morgan fingerprint density at radius 3 is 2.60 bits per heavy atom. The lowest BCUT2D eigenvalue weighted by atomic mass is 10.1. The zero-order valence-corrected chi connectivity index (χ0v) is 14.5. The fraction of sp³-hybridized carbons (Fsp3) is 0.300. The van der Waals surface area contributed by atoms with Crippen molar-refractivity contribution in [2.24, 2.45) is 0 Å². The van der Waals surface area contributed by atoms with E-state index in [1.165, 1.54) is 6.92 Å². The predicted octanol–water partition coefficient (Wildman–Crippen LogP) is 3.26. The summed E-state index contributed by atoms with van der Waals surface area (Å²) in [6, 6.07) is 12.7. The van der Waals surface area contributed by atoms with Crippen molar-refractivity contribution in [3.8, 4) is 11.5 Å². The highest BCUT2D eigenvalue weighted by Crippen LogP contribution is 2.33. The van der Waals surface area contributed by atoms with E-state index in [2.05, 4.69) is 0 Å². The van der Waals surface area contributed by atoms with Crippen molar-refractivity contribution in [3.63, 3.8) is 0 Å². The molecule has 2 aromatic carbocycles. The molecule has 0 unspecified atom stereocenters. The first-order chi connectivity index (χ1) is 12.1. The summed E-state index contributed by atoms with van der Waals surface area (Å²) in [5.41, 5.74) is 2.15. The molecule has 0 atom stereocenters. The average Bonchev–Trinajstić information content (AvgIpc) is 2.62. The van der Waals surface area contributed by atoms with E-state index in [1.807, 2.05) is 31.2 Å². The molecule has 0 fully saturated rings. The Labute approximate surface area is 147 Å². The zero-order chi connectivity index (χ0) is 17.8. The molecule has 3 rings (SSSR count). The van der Waals surface area contributed by atoms with Gasteiger partial charge in [-0.1, -0.05) is 12.1 Å². The van der Waals surface area contributed by atoms with Crippen LogP contribution in [0.3, 0.4) is 0 Å². The Balaban J connectivity index is 1.79. The Morgan fingerprint density at radius 1 is 1.16 bits per heavy atom. The van der Waals surface area contributed by atoms with Crippen LogP contribution in [0.4, 0.5) is 5.69 Å². The predicted molar refractivity (Wildman–Crippen MR) is 95.6 cm³/mol. The van der Waals surface area contributed by atoms with Crippen LogP contribution in [0.25, 0.3) is 0 Å². The Kier molecular flexibility index (Phi) is 5.03. The highest BCUT2D eigenvalue weighted by atomic mass is 16.5. The summed E-state index contributed by atoms with van der Waals surface area (Å²) in [4.78, 5) is 26.1. The molecule has 5 heteroatoms. The number of nitrogens with zero attached hydrogens (tertiary/aromatic N) is 1. The molecule has 0 aliphatic carbocycles. The molecule has 1 heterocycles. The van der Waals surface area contributed by atoms with E-state index in [0.29, 0.717) is 36.8 Å². The normalized spacial score (nSPS) is 13.0. The molecule has 0 N–H and O–H groups in total. The number of fused-ring (bicyclic) bond motifs is 1. The van der Waals surface area contributed by atoms with Gasteiger partial charge in [0.15, 0.2) is 5.78 Å². The first kappa shape index (κ1) is 17.0. The second-order valence-electron chi connectivity index (χ2n) is 5.89. The minimum Gasteiger partial charge on any atom is -0.494 e. The molecule has 0 bridgehead atoms. The maximum atomic E-state index is 12.8. The molecule has 0 radical (unpaired) electrons. The molecule has 1 amide bonds. The van der Waals surface area contributed by atoms with Crippen molar-refractivity contribution in [2.75, 3.05) is 24.7 Å². The molecule has 1 aliphatic rings. The quantitative estimate of drug-likeness (QED) is 0.785. The maximum absolute atomic E-state index is 12.8. The molecular formula is C20H21NO4. The maximum Gasteiger partial charge on any atom is 0.231 e. The van der Waals surface area contributed by atoms with Crippen molar-refractivity contribution in [3.05, 3.63) is 53.6 Å². The van der Waals surface area contributed by atoms with Crippen LogP contribution < -0.4 is 14.4 Å². The van der Waals surface area contributed by atoms with Crippen LogP contribution >= 0.6 is 0 Å². The highest BCUT2D eigenvalue weighted by Gasteiger charge is 2.24. The Bertz CT molecular complexity index is 783. The minimum atomic E-state index is -0.0349. The number of ether oxygens (including phenoxy) is 2. The molecule has 0 saturated carbocycles. The summed E-state index contributed by atoms with van der Waals surface area (Å²) < 4.78 is 11.0. The van der Waals surface area contributed by atoms with Crippen LogP contribution in [0.5, 0.6) is 11.5 Å². The Hall–Kier alpha value is -2.82. The van der Waals surface area contributed by atoms with Gasteiger partial charge in [0, 0.05) is 5.56 Å². The number of hydrogen-bond acceptors (Lipinski definition) is 4. The van der Waals surface area contributed by atoms with Crippen molar-refractivity contribution in [1.82, 2.24) is 0 Å². The number of ketones is 1. The van der Waals surface area contributed by atoms with E-state index in [-0.39, 0.29) is 18.1 Å². The summed E-state index contributed by atoms with van der Waals surface area (Å²) in [5.74, 6) is 1.37. The lowest BCUT2D eigenvalue weighted by Crippen LogP contribution is -2.39. The van der Waals surface area contributed by atoms with Crippen LogP contribution in [-0.4, -0.2) is 31.4 Å². The van der Waals surface area contributed by atoms with Crippen LogP contribution in [0, 0.1) is 0 Å². The van der Waals surface area contributed by atoms with Crippen LogP contribution in [-0.2, 0) is 11.2 Å². The molecule has 5 nitrogen and oxygen atoms in total. The second kappa shape index (κ2) is 7.38. The topological polar surface area (TPSA) is 55.8 Å². The number of hydrogen-bond donors (Lipinski definition) is 0. The van der Waals surface area contributed by atoms with Gasteiger partial charge in [0.2, 0.25) is 5.91 Å². The van der Waals surface area contributed by atoms with Crippen molar-refractivity contribution in [2.45, 2.75) is 20.3 Å². The third-order valence-electron chi connectivity index (χ3n) is 4.12. The van der Waals surface area contributed by atoms with E-state index in [4.69, 9.17) is 9.47 Å². The van der Waals surface area contributed by atoms with Crippen LogP contribution in [0.15, 0.2) is 42.5 Å². The fourth-order valence-corrected chi connectivity index (χ4v) is 2.84. The minimum absolute atomic E-state index is 0.0191. The van der Waals surface area contributed by atoms with Gasteiger partial charge in [-0.15, -0.1) is 0 Å². The van der Waals surface area contributed by atoms with Crippen molar-refractivity contribution in [1.29, 1.82) is 0 Å². The number of amides is 1. The summed E-state index contributed by atoms with van der Waals surface area (Å²) in [5, 5.41) is 0. The first-order valence-corrected chi connectivity index (χ1v) is 8.38. The van der Waals surface area contributed by atoms with E-state index >= 15 is 0 Å². The molecule has 2 aromatic rings. The number of anilines is 1. The molecule has 25 heavy (non-hydrogen) atoms. The van der Waals surface area contributed by atoms with Crippen molar-refractivity contribution >= 4 is 17.4 Å². The van der Waals surface area contributed by atoms with Gasteiger partial charge in [-0.2, -0.15) is 0 Å². The number of benzene rings is 2. The summed E-state index contributed by atoms with van der Waals surface area (Å²) in [7, 11) is 0. The van der Waals surface area contributed by atoms with Gasteiger partial charge >= 0.3 is 0 Å². The number of rotatable bonds is 5. The fourth-order valence-electron chi connectivity index (χ4n) is 2.84. The highest BCUT2D eigenvalue weighted by molar-refractivity contribution is 6.00. The third-order valence-corrected chi connectivity index (χ3v) is 4.12. The van der Waals surface area contributed by atoms with Gasteiger partial charge in [0.05, 0.1) is 25.3 Å². The molecular weight excluding hydrogens is 318 g/mol. The van der Waals surface area contributed by atoms with Gasteiger partial charge in [-0.3, -0.25) is 9.59 Å². The molecule has 1 aliphatic heterocycles. The number of Topliss-reactive ketones (excluding diaryl/α,β-unsaturated/α-hetero) is 1. The van der Waals surface area contributed by atoms with E-state index < -0.39 is 0 Å². The first-order valence-electron chi connectivity index (χ1n) is 8.38. The number of carbonyl (C=O) groups is 2. The molecule has 130 valence electrons. The molecule has 0 saturated heterocycles. The number of carbonyl (C=O) groups excluding carboxylic acids is 2. The SMILES string of the molecule is CCOc1ccc(CC(=O)N2CCOc3ccc(C(C)=O)cc32)cc1. The van der Waals surface area contributed by atoms with Gasteiger partial charge in [-0.05, 0) is 49.7 Å². The lowest BCUT2D eigenvalue weighted by molar-refractivity contribution is -0.118. The largest absolute Gasteiger partial charge is 0.494 e. The van der Waals surface area contributed by atoms with Crippen molar-refractivity contribution < 1.29 is 19.1 Å². The summed E-state index contributed by atoms with van der Waals surface area (Å²) in [6.07, 6.45) is 0.288. The zero-order valence-electron chi connectivity index (χ0n) is 14.5. The van der Waals surface area contributed by atoms with Gasteiger partial charge < -0.3 is 14.4 Å². The monoisotopic (exact) mass is 339 g/mol. The summed E-state index contributed by atoms with van der Waals surface area (Å²) >= 11 is 0. The van der Waals surface area contributed by atoms with E-state index in [1.54, 1.807) is 23.1 Å². The van der Waals surface area contributed by atoms with E-state index in [9.17, 15) is 9.59 Å². The Morgan fingerprint density at radius 2 is 1.92 bits per heavy atom.